The van der Waals surface area contributed by atoms with Crippen molar-refractivity contribution in [2.24, 2.45) is 11.0 Å². The molecule has 0 bridgehead atoms. The van der Waals surface area contributed by atoms with E-state index in [-0.39, 0.29) is 6.79 Å². The summed E-state index contributed by atoms with van der Waals surface area (Å²) in [5.74, 6) is 4.58. The van der Waals surface area contributed by atoms with E-state index in [2.05, 4.69) is 22.8 Å². The summed E-state index contributed by atoms with van der Waals surface area (Å²) in [5.41, 5.74) is 3.84. The molecule has 6 nitrogen and oxygen atoms in total. The van der Waals surface area contributed by atoms with Gasteiger partial charge in [-0.1, -0.05) is 13.0 Å². The fraction of sp³-hybridized carbons (Fsp3) is 0.333. The van der Waals surface area contributed by atoms with Gasteiger partial charge in [-0.05, 0) is 54.4 Å². The van der Waals surface area contributed by atoms with Crippen LogP contribution in [0.25, 0.3) is 0 Å². The van der Waals surface area contributed by atoms with Crippen LogP contribution in [0.1, 0.15) is 36.3 Å². The molecular formula is C18H19N3O3S. The number of benzene rings is 1. The third-order valence-corrected chi connectivity index (χ3v) is 4.61. The van der Waals surface area contributed by atoms with Crippen LogP contribution >= 0.6 is 12.2 Å². The molecule has 130 valence electrons. The summed E-state index contributed by atoms with van der Waals surface area (Å²) in [6, 6.07) is 9.74. The van der Waals surface area contributed by atoms with Crippen molar-refractivity contribution < 1.29 is 13.9 Å². The maximum Gasteiger partial charge on any atom is 0.231 e. The third-order valence-electron chi connectivity index (χ3n) is 4.37. The van der Waals surface area contributed by atoms with Gasteiger partial charge in [-0.2, -0.15) is 5.10 Å². The minimum absolute atomic E-state index is 0.273. The van der Waals surface area contributed by atoms with Crippen molar-refractivity contribution in [2.75, 3.05) is 6.79 Å². The second-order valence-electron chi connectivity index (χ2n) is 6.30. The van der Waals surface area contributed by atoms with E-state index in [0.717, 1.165) is 34.5 Å². The SMILES string of the molecule is C[C@@H]1C[C@H]1c1ccc(/C=N\NC(=S)NCc2ccc3c(c2)OCO3)o1. The molecule has 0 saturated heterocycles. The van der Waals surface area contributed by atoms with E-state index < -0.39 is 0 Å². The van der Waals surface area contributed by atoms with E-state index >= 15 is 0 Å². The molecule has 2 N–H and O–H groups in total. The van der Waals surface area contributed by atoms with Gasteiger partial charge in [0.25, 0.3) is 0 Å². The van der Waals surface area contributed by atoms with Crippen LogP contribution in [0.15, 0.2) is 39.9 Å². The smallest absolute Gasteiger partial charge is 0.231 e. The largest absolute Gasteiger partial charge is 0.460 e. The molecule has 1 fully saturated rings. The number of fused-ring (bicyclic) bond motifs is 1. The second-order valence-corrected chi connectivity index (χ2v) is 6.71. The number of nitrogens with zero attached hydrogens (tertiary/aromatic N) is 1. The highest BCUT2D eigenvalue weighted by Crippen LogP contribution is 2.47. The molecule has 1 aliphatic heterocycles. The Morgan fingerprint density at radius 3 is 2.96 bits per heavy atom. The zero-order valence-electron chi connectivity index (χ0n) is 13.8. The van der Waals surface area contributed by atoms with Gasteiger partial charge in [0.15, 0.2) is 16.6 Å². The van der Waals surface area contributed by atoms with Crippen molar-refractivity contribution in [1.29, 1.82) is 0 Å². The van der Waals surface area contributed by atoms with Gasteiger partial charge in [-0.3, -0.25) is 5.43 Å². The first-order chi connectivity index (χ1) is 12.2. The van der Waals surface area contributed by atoms with Crippen molar-refractivity contribution in [3.8, 4) is 11.5 Å². The molecule has 0 radical (unpaired) electrons. The molecule has 1 aromatic heterocycles. The monoisotopic (exact) mass is 357 g/mol. The van der Waals surface area contributed by atoms with Crippen molar-refractivity contribution in [3.05, 3.63) is 47.4 Å². The molecule has 2 aliphatic rings. The maximum atomic E-state index is 5.75. The van der Waals surface area contributed by atoms with Crippen molar-refractivity contribution >= 4 is 23.5 Å². The second kappa shape index (κ2) is 6.76. The topological polar surface area (TPSA) is 68.0 Å². The molecule has 2 aromatic rings. The summed E-state index contributed by atoms with van der Waals surface area (Å²) in [4.78, 5) is 0. The third kappa shape index (κ3) is 3.76. The highest BCUT2D eigenvalue weighted by Gasteiger charge is 2.36. The van der Waals surface area contributed by atoms with Crippen molar-refractivity contribution in [3.63, 3.8) is 0 Å². The molecule has 25 heavy (non-hydrogen) atoms. The van der Waals surface area contributed by atoms with Gasteiger partial charge in [0, 0.05) is 12.5 Å². The van der Waals surface area contributed by atoms with Crippen LogP contribution in [0.3, 0.4) is 0 Å². The number of hydrazone groups is 1. The number of rotatable bonds is 5. The summed E-state index contributed by atoms with van der Waals surface area (Å²) >= 11 is 5.22. The van der Waals surface area contributed by atoms with Crippen molar-refractivity contribution in [1.82, 2.24) is 10.7 Å². The summed E-state index contributed by atoms with van der Waals surface area (Å²) in [7, 11) is 0. The summed E-state index contributed by atoms with van der Waals surface area (Å²) in [5, 5.41) is 7.64. The Bertz CT molecular complexity index is 818. The Labute approximate surface area is 151 Å². The van der Waals surface area contributed by atoms with Gasteiger partial charge in [0.1, 0.15) is 11.5 Å². The number of thiocarbonyl (C=S) groups is 1. The average molecular weight is 357 g/mol. The van der Waals surface area contributed by atoms with E-state index in [4.69, 9.17) is 26.1 Å². The Hall–Kier alpha value is -2.54. The Balaban J connectivity index is 1.24. The highest BCUT2D eigenvalue weighted by molar-refractivity contribution is 7.80. The van der Waals surface area contributed by atoms with E-state index in [1.54, 1.807) is 6.21 Å². The lowest BCUT2D eigenvalue weighted by atomic mass is 10.2. The van der Waals surface area contributed by atoms with E-state index in [0.29, 0.717) is 17.6 Å². The van der Waals surface area contributed by atoms with E-state index in [9.17, 15) is 0 Å². The van der Waals surface area contributed by atoms with Crippen LogP contribution in [0.4, 0.5) is 0 Å². The molecule has 1 aromatic carbocycles. The lowest BCUT2D eigenvalue weighted by molar-refractivity contribution is 0.174. The predicted octanol–water partition coefficient (Wildman–Crippen LogP) is 3.13. The fourth-order valence-corrected chi connectivity index (χ4v) is 2.91. The number of furan rings is 1. The van der Waals surface area contributed by atoms with Crippen LogP contribution in [-0.4, -0.2) is 18.1 Å². The zero-order valence-corrected chi connectivity index (χ0v) is 14.6. The molecular weight excluding hydrogens is 338 g/mol. The van der Waals surface area contributed by atoms with E-state index in [1.807, 2.05) is 30.3 Å². The average Bonchev–Trinajstić information content (AvgIpc) is 3.03. The number of hydrogen-bond donors (Lipinski definition) is 2. The summed E-state index contributed by atoms with van der Waals surface area (Å²) < 4.78 is 16.4. The molecule has 1 saturated carbocycles. The Kier molecular flexibility index (Phi) is 4.31. The minimum Gasteiger partial charge on any atom is -0.460 e. The molecule has 7 heteroatoms. The summed E-state index contributed by atoms with van der Waals surface area (Å²) in [6.45, 7) is 3.07. The quantitative estimate of drug-likeness (QED) is 0.487. The van der Waals surface area contributed by atoms with Crippen LogP contribution in [0.5, 0.6) is 11.5 Å². The van der Waals surface area contributed by atoms with Crippen LogP contribution < -0.4 is 20.2 Å². The normalized spacial score (nSPS) is 20.7. The maximum absolute atomic E-state index is 5.75. The Morgan fingerprint density at radius 2 is 2.12 bits per heavy atom. The molecule has 1 aliphatic carbocycles. The Morgan fingerprint density at radius 1 is 1.28 bits per heavy atom. The molecule has 2 heterocycles. The van der Waals surface area contributed by atoms with Crippen LogP contribution in [0, 0.1) is 5.92 Å². The fourth-order valence-electron chi connectivity index (χ4n) is 2.78. The lowest BCUT2D eigenvalue weighted by Gasteiger charge is -2.07. The first-order valence-electron chi connectivity index (χ1n) is 8.24. The zero-order chi connectivity index (χ0) is 17.2. The van der Waals surface area contributed by atoms with Crippen molar-refractivity contribution in [2.45, 2.75) is 25.8 Å². The van der Waals surface area contributed by atoms with Gasteiger partial charge in [0.2, 0.25) is 6.79 Å². The highest BCUT2D eigenvalue weighted by atomic mass is 32.1. The van der Waals surface area contributed by atoms with Gasteiger partial charge >= 0.3 is 0 Å². The van der Waals surface area contributed by atoms with E-state index in [1.165, 1.54) is 6.42 Å². The van der Waals surface area contributed by atoms with Gasteiger partial charge in [-0.15, -0.1) is 0 Å². The van der Waals surface area contributed by atoms with Crippen LogP contribution in [-0.2, 0) is 6.54 Å². The molecule has 0 amide bonds. The van der Waals surface area contributed by atoms with Gasteiger partial charge in [-0.25, -0.2) is 0 Å². The molecule has 0 unspecified atom stereocenters. The van der Waals surface area contributed by atoms with Gasteiger partial charge < -0.3 is 19.2 Å². The first kappa shape index (κ1) is 16.0. The van der Waals surface area contributed by atoms with Crippen LogP contribution in [0.2, 0.25) is 0 Å². The summed E-state index contributed by atoms with van der Waals surface area (Å²) in [6.07, 6.45) is 2.83. The standard InChI is InChI=1S/C18H19N3O3S/c1-11-6-14(11)15-5-3-13(24-15)9-20-21-18(25)19-8-12-2-4-16-17(7-12)23-10-22-16/h2-5,7,9,11,14H,6,8,10H2,1H3,(H2,19,21,25)/b20-9-/t11-,14-/m1/s1. The predicted molar refractivity (Wildman–Crippen MR) is 98.0 cm³/mol. The minimum atomic E-state index is 0.273. The van der Waals surface area contributed by atoms with Gasteiger partial charge in [0.05, 0.1) is 6.21 Å². The molecule has 0 spiro atoms. The first-order valence-corrected chi connectivity index (χ1v) is 8.65. The number of nitrogens with one attached hydrogen (secondary N) is 2. The lowest BCUT2D eigenvalue weighted by Crippen LogP contribution is -2.31. The molecule has 4 rings (SSSR count). The number of ether oxygens (including phenoxy) is 2. The molecule has 2 atom stereocenters. The number of hydrogen-bond acceptors (Lipinski definition) is 5.